The summed E-state index contributed by atoms with van der Waals surface area (Å²) >= 11 is 5.56. The van der Waals surface area contributed by atoms with Crippen molar-refractivity contribution in [2.75, 3.05) is 7.11 Å². The van der Waals surface area contributed by atoms with Crippen LogP contribution in [-0.2, 0) is 15.1 Å². The van der Waals surface area contributed by atoms with Gasteiger partial charge in [0.25, 0.3) is 0 Å². The lowest BCUT2D eigenvalue weighted by Gasteiger charge is -2.23. The second-order valence-electron chi connectivity index (χ2n) is 3.17. The largest absolute Gasteiger partial charge is 0.479 e. The second-order valence-corrected chi connectivity index (χ2v) is 3.58. The lowest BCUT2D eigenvalue weighted by Crippen LogP contribution is -2.34. The third kappa shape index (κ3) is 2.11. The van der Waals surface area contributed by atoms with Crippen LogP contribution >= 0.6 is 11.6 Å². The lowest BCUT2D eigenvalue weighted by atomic mass is 9.96. The standard InChI is InChI=1S/C10H10ClFO3/c1-10(15-2,9(13)14)6-3-4-8(12)7(11)5-6/h3-5H,1-2H3,(H,13,14). The van der Waals surface area contributed by atoms with Crippen molar-refractivity contribution in [1.82, 2.24) is 0 Å². The van der Waals surface area contributed by atoms with Gasteiger partial charge in [0.2, 0.25) is 0 Å². The summed E-state index contributed by atoms with van der Waals surface area (Å²) in [6, 6.07) is 3.69. The molecule has 0 amide bonds. The maximum Gasteiger partial charge on any atom is 0.340 e. The Kier molecular flexibility index (Phi) is 3.31. The molecule has 15 heavy (non-hydrogen) atoms. The van der Waals surface area contributed by atoms with E-state index in [1.54, 1.807) is 0 Å². The van der Waals surface area contributed by atoms with Gasteiger partial charge in [-0.15, -0.1) is 0 Å². The van der Waals surface area contributed by atoms with Crippen LogP contribution in [0.15, 0.2) is 18.2 Å². The molecular weight excluding hydrogens is 223 g/mol. The number of ether oxygens (including phenoxy) is 1. The number of carbonyl (C=O) groups is 1. The number of hydrogen-bond acceptors (Lipinski definition) is 2. The highest BCUT2D eigenvalue weighted by Crippen LogP contribution is 2.28. The molecule has 0 aliphatic heterocycles. The minimum Gasteiger partial charge on any atom is -0.479 e. The van der Waals surface area contributed by atoms with Crippen LogP contribution in [0, 0.1) is 5.82 Å². The quantitative estimate of drug-likeness (QED) is 0.871. The summed E-state index contributed by atoms with van der Waals surface area (Å²) in [7, 11) is 1.27. The molecule has 0 saturated heterocycles. The number of carboxylic acids is 1. The van der Waals surface area contributed by atoms with E-state index in [4.69, 9.17) is 21.4 Å². The van der Waals surface area contributed by atoms with Gasteiger partial charge in [0.1, 0.15) is 5.82 Å². The highest BCUT2D eigenvalue weighted by Gasteiger charge is 2.35. The smallest absolute Gasteiger partial charge is 0.340 e. The van der Waals surface area contributed by atoms with Gasteiger partial charge in [-0.05, 0) is 24.6 Å². The van der Waals surface area contributed by atoms with Crippen LogP contribution in [0.25, 0.3) is 0 Å². The van der Waals surface area contributed by atoms with Crippen molar-refractivity contribution in [3.8, 4) is 0 Å². The van der Waals surface area contributed by atoms with E-state index in [0.717, 1.165) is 6.07 Å². The van der Waals surface area contributed by atoms with E-state index in [1.807, 2.05) is 0 Å². The van der Waals surface area contributed by atoms with Crippen molar-refractivity contribution < 1.29 is 19.0 Å². The number of methoxy groups -OCH3 is 1. The molecule has 1 rings (SSSR count). The highest BCUT2D eigenvalue weighted by atomic mass is 35.5. The van der Waals surface area contributed by atoms with Gasteiger partial charge < -0.3 is 9.84 Å². The van der Waals surface area contributed by atoms with Crippen LogP contribution in [0.3, 0.4) is 0 Å². The van der Waals surface area contributed by atoms with Gasteiger partial charge in [-0.25, -0.2) is 9.18 Å². The molecule has 3 nitrogen and oxygen atoms in total. The lowest BCUT2D eigenvalue weighted by molar-refractivity contribution is -0.161. The maximum absolute atomic E-state index is 12.9. The fourth-order valence-electron chi connectivity index (χ4n) is 1.12. The minimum atomic E-state index is -1.52. The molecule has 0 aliphatic rings. The fraction of sp³-hybridized carbons (Fsp3) is 0.300. The molecular formula is C10H10ClFO3. The minimum absolute atomic E-state index is 0.128. The molecule has 0 fully saturated rings. The first-order valence-electron chi connectivity index (χ1n) is 4.16. The van der Waals surface area contributed by atoms with E-state index >= 15 is 0 Å². The summed E-state index contributed by atoms with van der Waals surface area (Å²) in [5.41, 5.74) is -1.22. The third-order valence-electron chi connectivity index (χ3n) is 2.29. The number of halogens is 2. The predicted octanol–water partition coefficient (Wildman–Crippen LogP) is 2.43. The first kappa shape index (κ1) is 11.9. The molecule has 1 atom stereocenters. The first-order chi connectivity index (χ1) is 6.91. The van der Waals surface area contributed by atoms with Crippen LogP contribution in [0.1, 0.15) is 12.5 Å². The van der Waals surface area contributed by atoms with Gasteiger partial charge in [-0.2, -0.15) is 0 Å². The van der Waals surface area contributed by atoms with Crippen LogP contribution in [-0.4, -0.2) is 18.2 Å². The summed E-state index contributed by atoms with van der Waals surface area (Å²) in [5, 5.41) is 8.86. The van der Waals surface area contributed by atoms with Gasteiger partial charge >= 0.3 is 5.97 Å². The average molecular weight is 233 g/mol. The van der Waals surface area contributed by atoms with E-state index in [0.29, 0.717) is 5.56 Å². The fourth-order valence-corrected chi connectivity index (χ4v) is 1.30. The molecule has 0 radical (unpaired) electrons. The molecule has 0 aliphatic carbocycles. The first-order valence-corrected chi connectivity index (χ1v) is 4.53. The number of carboxylic acid groups (broad SMARTS) is 1. The molecule has 0 saturated carbocycles. The molecule has 1 aromatic carbocycles. The Labute approximate surface area is 91.4 Å². The Bertz CT molecular complexity index is 394. The zero-order chi connectivity index (χ0) is 11.6. The van der Waals surface area contributed by atoms with E-state index in [1.165, 1.54) is 26.2 Å². The van der Waals surface area contributed by atoms with Gasteiger partial charge in [0.05, 0.1) is 5.02 Å². The Morgan fingerprint density at radius 2 is 2.20 bits per heavy atom. The van der Waals surface area contributed by atoms with Crippen LogP contribution in [0.5, 0.6) is 0 Å². The van der Waals surface area contributed by atoms with Crippen LogP contribution < -0.4 is 0 Å². The summed E-state index contributed by atoms with van der Waals surface area (Å²) < 4.78 is 17.8. The van der Waals surface area contributed by atoms with E-state index in [2.05, 4.69) is 0 Å². The van der Waals surface area contributed by atoms with E-state index in [-0.39, 0.29) is 5.02 Å². The van der Waals surface area contributed by atoms with Gasteiger partial charge in [-0.3, -0.25) is 0 Å². The molecule has 5 heteroatoms. The van der Waals surface area contributed by atoms with Crippen LogP contribution in [0.4, 0.5) is 4.39 Å². The van der Waals surface area contributed by atoms with Crippen molar-refractivity contribution in [2.45, 2.75) is 12.5 Å². The van der Waals surface area contributed by atoms with Gasteiger partial charge in [0, 0.05) is 7.11 Å². The van der Waals surface area contributed by atoms with Crippen molar-refractivity contribution in [3.05, 3.63) is 34.6 Å². The van der Waals surface area contributed by atoms with Crippen molar-refractivity contribution >= 4 is 17.6 Å². The summed E-state index contributed by atoms with van der Waals surface area (Å²) in [4.78, 5) is 11.0. The van der Waals surface area contributed by atoms with Crippen molar-refractivity contribution in [3.63, 3.8) is 0 Å². The molecule has 1 unspecified atom stereocenters. The maximum atomic E-state index is 12.9. The average Bonchev–Trinajstić information content (AvgIpc) is 2.20. The Hall–Kier alpha value is -1.13. The van der Waals surface area contributed by atoms with Crippen molar-refractivity contribution in [1.29, 1.82) is 0 Å². The summed E-state index contributed by atoms with van der Waals surface area (Å²) in [6.45, 7) is 1.37. The van der Waals surface area contributed by atoms with Gasteiger partial charge in [-0.1, -0.05) is 17.7 Å². The molecule has 0 bridgehead atoms. The Morgan fingerprint density at radius 1 is 1.60 bits per heavy atom. The highest BCUT2D eigenvalue weighted by molar-refractivity contribution is 6.30. The van der Waals surface area contributed by atoms with Crippen LogP contribution in [0.2, 0.25) is 5.02 Å². The molecule has 0 heterocycles. The topological polar surface area (TPSA) is 46.5 Å². The Balaban J connectivity index is 3.25. The Morgan fingerprint density at radius 3 is 2.60 bits per heavy atom. The molecule has 82 valence electrons. The molecule has 1 aromatic rings. The number of benzene rings is 1. The summed E-state index contributed by atoms with van der Waals surface area (Å²) in [6.07, 6.45) is 0. The normalized spacial score (nSPS) is 14.7. The SMILES string of the molecule is COC(C)(C(=O)O)c1ccc(F)c(Cl)c1. The number of aliphatic carboxylic acids is 1. The van der Waals surface area contributed by atoms with E-state index < -0.39 is 17.4 Å². The predicted molar refractivity (Wildman–Crippen MR) is 53.4 cm³/mol. The molecule has 0 aromatic heterocycles. The zero-order valence-electron chi connectivity index (χ0n) is 8.25. The third-order valence-corrected chi connectivity index (χ3v) is 2.58. The second kappa shape index (κ2) is 4.16. The van der Waals surface area contributed by atoms with Gasteiger partial charge in [0.15, 0.2) is 5.60 Å². The number of hydrogen-bond donors (Lipinski definition) is 1. The molecule has 0 spiro atoms. The number of rotatable bonds is 3. The summed E-state index contributed by atoms with van der Waals surface area (Å²) in [5.74, 6) is -1.75. The monoisotopic (exact) mass is 232 g/mol. The van der Waals surface area contributed by atoms with Crippen molar-refractivity contribution in [2.24, 2.45) is 0 Å². The van der Waals surface area contributed by atoms with E-state index in [9.17, 15) is 9.18 Å². The molecule has 1 N–H and O–H groups in total. The zero-order valence-corrected chi connectivity index (χ0v) is 9.01.